The Morgan fingerprint density at radius 2 is 1.63 bits per heavy atom. The van der Waals surface area contributed by atoms with Gasteiger partial charge in [-0.25, -0.2) is 0 Å². The van der Waals surface area contributed by atoms with Gasteiger partial charge in [-0.15, -0.1) is 0 Å². The average Bonchev–Trinajstić information content (AvgIpc) is 2.68. The number of hydrogen-bond acceptors (Lipinski definition) is 1. The van der Waals surface area contributed by atoms with Gasteiger partial charge in [-0.05, 0) is 57.1 Å². The standard InChI is InChI=1S/C18H25N/c1-2-4-6-9-13-17(14-10-7-5-3-1)18-15-11-8-12-16-19-18/h2,4,8,10-12,14-17,19H,1,3,5-7,9,13H2. The van der Waals surface area contributed by atoms with Gasteiger partial charge < -0.3 is 5.32 Å². The molecule has 1 heteroatoms. The molecule has 1 N–H and O–H groups in total. The largest absolute Gasteiger partial charge is 0.365 e. The fraction of sp³-hybridized carbons (Fsp3) is 0.444. The first-order valence-electron chi connectivity index (χ1n) is 7.58. The summed E-state index contributed by atoms with van der Waals surface area (Å²) in [4.78, 5) is 0. The summed E-state index contributed by atoms with van der Waals surface area (Å²) in [5.41, 5.74) is 1.32. The van der Waals surface area contributed by atoms with Gasteiger partial charge >= 0.3 is 0 Å². The lowest BCUT2D eigenvalue weighted by Gasteiger charge is -2.16. The van der Waals surface area contributed by atoms with Gasteiger partial charge in [0.15, 0.2) is 0 Å². The smallest absolute Gasteiger partial charge is 0.0216 e. The average molecular weight is 255 g/mol. The van der Waals surface area contributed by atoms with E-state index < -0.39 is 0 Å². The van der Waals surface area contributed by atoms with Crippen LogP contribution in [0.4, 0.5) is 0 Å². The minimum Gasteiger partial charge on any atom is -0.365 e. The van der Waals surface area contributed by atoms with E-state index >= 15 is 0 Å². The topological polar surface area (TPSA) is 12.0 Å². The van der Waals surface area contributed by atoms with Crippen molar-refractivity contribution in [2.75, 3.05) is 0 Å². The molecule has 2 rings (SSSR count). The molecule has 1 atom stereocenters. The summed E-state index contributed by atoms with van der Waals surface area (Å²) >= 11 is 0. The third-order valence-electron chi connectivity index (χ3n) is 3.66. The quantitative estimate of drug-likeness (QED) is 0.649. The summed E-state index contributed by atoms with van der Waals surface area (Å²) in [7, 11) is 0. The highest BCUT2D eigenvalue weighted by molar-refractivity contribution is 5.25. The van der Waals surface area contributed by atoms with Crippen LogP contribution in [0.15, 0.2) is 60.5 Å². The molecule has 0 amide bonds. The molecule has 0 aromatic carbocycles. The molecule has 102 valence electrons. The Hall–Kier alpha value is -1.50. The second-order valence-electron chi connectivity index (χ2n) is 5.23. The van der Waals surface area contributed by atoms with Crippen LogP contribution in [0.1, 0.15) is 44.9 Å². The van der Waals surface area contributed by atoms with Crippen LogP contribution in [0, 0.1) is 5.92 Å². The van der Waals surface area contributed by atoms with Crippen molar-refractivity contribution < 1.29 is 0 Å². The first kappa shape index (κ1) is 13.9. The van der Waals surface area contributed by atoms with Gasteiger partial charge in [0.25, 0.3) is 0 Å². The second-order valence-corrected chi connectivity index (χ2v) is 5.23. The number of rotatable bonds is 1. The molecule has 1 heterocycles. The van der Waals surface area contributed by atoms with E-state index in [0.717, 1.165) is 0 Å². The number of hydrogen-bond donors (Lipinski definition) is 1. The predicted molar refractivity (Wildman–Crippen MR) is 83.6 cm³/mol. The van der Waals surface area contributed by atoms with Gasteiger partial charge in [-0.3, -0.25) is 0 Å². The lowest BCUT2D eigenvalue weighted by Crippen LogP contribution is -2.13. The molecule has 19 heavy (non-hydrogen) atoms. The summed E-state index contributed by atoms with van der Waals surface area (Å²) in [5.74, 6) is 0.528. The van der Waals surface area contributed by atoms with Crippen LogP contribution in [0.3, 0.4) is 0 Å². The Morgan fingerprint density at radius 1 is 0.842 bits per heavy atom. The SMILES string of the molecule is C1=CC=C(C2C=CCCCCC=CCCC2)NC=C1. The lowest BCUT2D eigenvalue weighted by molar-refractivity contribution is 0.605. The monoisotopic (exact) mass is 255 g/mol. The van der Waals surface area contributed by atoms with Crippen LogP contribution in [-0.4, -0.2) is 0 Å². The third-order valence-corrected chi connectivity index (χ3v) is 3.66. The molecular weight excluding hydrogens is 230 g/mol. The zero-order chi connectivity index (χ0) is 13.2. The highest BCUT2D eigenvalue weighted by Crippen LogP contribution is 2.20. The lowest BCUT2D eigenvalue weighted by atomic mass is 9.96. The first-order chi connectivity index (χ1) is 9.47. The van der Waals surface area contributed by atoms with Crippen molar-refractivity contribution in [1.82, 2.24) is 5.32 Å². The Morgan fingerprint density at radius 3 is 2.53 bits per heavy atom. The van der Waals surface area contributed by atoms with E-state index in [1.807, 2.05) is 12.3 Å². The molecular formula is C18H25N. The highest BCUT2D eigenvalue weighted by atomic mass is 14.9. The molecule has 2 aliphatic rings. The highest BCUT2D eigenvalue weighted by Gasteiger charge is 2.10. The van der Waals surface area contributed by atoms with Gasteiger partial charge in [0, 0.05) is 17.8 Å². The van der Waals surface area contributed by atoms with Crippen molar-refractivity contribution in [3.8, 4) is 0 Å². The van der Waals surface area contributed by atoms with Crippen LogP contribution in [0.5, 0.6) is 0 Å². The summed E-state index contributed by atoms with van der Waals surface area (Å²) in [6, 6.07) is 0. The second kappa shape index (κ2) is 8.58. The molecule has 0 saturated heterocycles. The van der Waals surface area contributed by atoms with Gasteiger partial charge in [0.05, 0.1) is 0 Å². The number of nitrogens with one attached hydrogen (secondary N) is 1. The van der Waals surface area contributed by atoms with Crippen molar-refractivity contribution in [3.63, 3.8) is 0 Å². The molecule has 1 unspecified atom stereocenters. The van der Waals surface area contributed by atoms with Gasteiger partial charge in [0.1, 0.15) is 0 Å². The van der Waals surface area contributed by atoms with E-state index in [1.54, 1.807) is 0 Å². The van der Waals surface area contributed by atoms with Crippen molar-refractivity contribution >= 4 is 0 Å². The van der Waals surface area contributed by atoms with E-state index in [-0.39, 0.29) is 0 Å². The van der Waals surface area contributed by atoms with Gasteiger partial charge in [-0.2, -0.15) is 0 Å². The van der Waals surface area contributed by atoms with E-state index in [2.05, 4.69) is 47.8 Å². The molecule has 0 saturated carbocycles. The third kappa shape index (κ3) is 5.34. The molecule has 1 aliphatic carbocycles. The van der Waals surface area contributed by atoms with Crippen molar-refractivity contribution in [2.24, 2.45) is 5.92 Å². The van der Waals surface area contributed by atoms with E-state index in [4.69, 9.17) is 0 Å². The molecule has 0 aromatic rings. The molecule has 0 bridgehead atoms. The Kier molecular flexibility index (Phi) is 6.28. The Bertz CT molecular complexity index is 396. The zero-order valence-electron chi connectivity index (χ0n) is 11.7. The normalized spacial score (nSPS) is 24.8. The predicted octanol–water partition coefficient (Wildman–Crippen LogP) is 5.02. The summed E-state index contributed by atoms with van der Waals surface area (Å²) in [5, 5.41) is 3.41. The van der Waals surface area contributed by atoms with E-state index in [0.29, 0.717) is 5.92 Å². The Balaban J connectivity index is 2.00. The first-order valence-corrected chi connectivity index (χ1v) is 7.58. The van der Waals surface area contributed by atoms with Crippen molar-refractivity contribution in [3.05, 3.63) is 60.5 Å². The van der Waals surface area contributed by atoms with E-state index in [9.17, 15) is 0 Å². The minimum absolute atomic E-state index is 0.528. The minimum atomic E-state index is 0.528. The summed E-state index contributed by atoms with van der Waals surface area (Å²) in [6.07, 6.45) is 28.7. The molecule has 0 aromatic heterocycles. The number of allylic oxidation sites excluding steroid dienone is 8. The Labute approximate surface area is 117 Å². The van der Waals surface area contributed by atoms with Crippen molar-refractivity contribution in [2.45, 2.75) is 44.9 Å². The molecule has 0 fully saturated rings. The van der Waals surface area contributed by atoms with Crippen molar-refractivity contribution in [1.29, 1.82) is 0 Å². The molecule has 1 nitrogen and oxygen atoms in total. The van der Waals surface area contributed by atoms with Crippen LogP contribution in [-0.2, 0) is 0 Å². The van der Waals surface area contributed by atoms with Crippen LogP contribution in [0.25, 0.3) is 0 Å². The van der Waals surface area contributed by atoms with Gasteiger partial charge in [-0.1, -0.05) is 36.5 Å². The van der Waals surface area contributed by atoms with Crippen LogP contribution >= 0.6 is 0 Å². The maximum atomic E-state index is 3.41. The fourth-order valence-electron chi connectivity index (χ4n) is 2.53. The summed E-state index contributed by atoms with van der Waals surface area (Å²) < 4.78 is 0. The maximum Gasteiger partial charge on any atom is 0.0216 e. The van der Waals surface area contributed by atoms with Crippen LogP contribution in [0.2, 0.25) is 0 Å². The fourth-order valence-corrected chi connectivity index (χ4v) is 2.53. The molecule has 0 radical (unpaired) electrons. The molecule has 1 aliphatic heterocycles. The zero-order valence-corrected chi connectivity index (χ0v) is 11.7. The molecule has 0 spiro atoms. The van der Waals surface area contributed by atoms with Crippen LogP contribution < -0.4 is 5.32 Å². The van der Waals surface area contributed by atoms with Gasteiger partial charge in [0.2, 0.25) is 0 Å². The maximum absolute atomic E-state index is 3.41. The summed E-state index contributed by atoms with van der Waals surface area (Å²) in [6.45, 7) is 0. The van der Waals surface area contributed by atoms with E-state index in [1.165, 1.54) is 50.6 Å².